The van der Waals surface area contributed by atoms with E-state index in [2.05, 4.69) is 10.6 Å². The Bertz CT molecular complexity index is 468. The molecule has 1 rings (SSSR count). The zero-order valence-electron chi connectivity index (χ0n) is 15.1. The fourth-order valence-corrected chi connectivity index (χ4v) is 4.88. The van der Waals surface area contributed by atoms with Crippen LogP contribution in [0.5, 0.6) is 0 Å². The van der Waals surface area contributed by atoms with Crippen molar-refractivity contribution in [3.05, 3.63) is 24.5 Å². The molecule has 1 aromatic heterocycles. The van der Waals surface area contributed by atoms with Gasteiger partial charge in [0.1, 0.15) is 7.05 Å². The molecule has 0 aliphatic rings. The number of nitrogens with zero attached hydrogens (tertiary/aromatic N) is 1. The summed E-state index contributed by atoms with van der Waals surface area (Å²) < 4.78 is 19.3. The molecular weight excluding hydrogens is 326 g/mol. The predicted octanol–water partition coefficient (Wildman–Crippen LogP) is 2.07. The number of pyridine rings is 1. The van der Waals surface area contributed by atoms with Crippen LogP contribution in [0.25, 0.3) is 0 Å². The van der Waals surface area contributed by atoms with E-state index in [4.69, 9.17) is 13.3 Å². The van der Waals surface area contributed by atoms with Crippen molar-refractivity contribution in [2.24, 2.45) is 7.05 Å². The van der Waals surface area contributed by atoms with Gasteiger partial charge in [-0.25, -0.2) is 9.36 Å². The van der Waals surface area contributed by atoms with E-state index in [1.807, 2.05) is 56.9 Å². The second-order valence-corrected chi connectivity index (χ2v) is 7.95. The molecule has 0 atom stereocenters. The molecule has 0 saturated heterocycles. The Labute approximate surface area is 145 Å². The van der Waals surface area contributed by atoms with E-state index in [1.165, 1.54) is 0 Å². The standard InChI is InChI=1S/C16H29N3O4Si/c1-5-21-24(22-6-2,23-7-3)14-8-11-17-16(20)18-15-9-12-19(4)13-10-15/h9-10,12-13H,5-8,11,14H2,1-4H3,(H,17,20)/p+1. The number of hydrogen-bond donors (Lipinski definition) is 2. The summed E-state index contributed by atoms with van der Waals surface area (Å²) in [5, 5.41) is 5.64. The molecular formula is C16H30N3O4Si+. The molecule has 8 heteroatoms. The lowest BCUT2D eigenvalue weighted by Crippen LogP contribution is -2.46. The first kappa shape index (κ1) is 20.6. The predicted molar refractivity (Wildman–Crippen MR) is 94.7 cm³/mol. The van der Waals surface area contributed by atoms with Gasteiger partial charge >= 0.3 is 14.8 Å². The zero-order valence-corrected chi connectivity index (χ0v) is 16.1. The summed E-state index contributed by atoms with van der Waals surface area (Å²) in [5.41, 5.74) is 0.757. The van der Waals surface area contributed by atoms with Crippen LogP contribution >= 0.6 is 0 Å². The minimum Gasteiger partial charge on any atom is -0.374 e. The van der Waals surface area contributed by atoms with Crippen molar-refractivity contribution in [1.29, 1.82) is 0 Å². The summed E-state index contributed by atoms with van der Waals surface area (Å²) >= 11 is 0. The van der Waals surface area contributed by atoms with Crippen LogP contribution in [0, 0.1) is 0 Å². The maximum Gasteiger partial charge on any atom is 0.500 e. The second-order valence-electron chi connectivity index (χ2n) is 5.22. The number of nitrogens with one attached hydrogen (secondary N) is 2. The molecule has 2 amide bonds. The number of hydrogen-bond acceptors (Lipinski definition) is 4. The zero-order chi connectivity index (χ0) is 17.8. The fraction of sp³-hybridized carbons (Fsp3) is 0.625. The SMILES string of the molecule is CCO[Si](CCCNC(=O)Nc1cc[n+](C)cc1)(OCC)OCC. The number of carbonyl (C=O) groups excluding carboxylic acids is 1. The third kappa shape index (κ3) is 7.39. The average molecular weight is 357 g/mol. The third-order valence-corrected chi connectivity index (χ3v) is 6.43. The molecule has 1 aromatic rings. The van der Waals surface area contributed by atoms with Gasteiger partial charge in [-0.05, 0) is 27.2 Å². The molecule has 0 fully saturated rings. The Balaban J connectivity index is 2.38. The van der Waals surface area contributed by atoms with Crippen LogP contribution in [0.15, 0.2) is 24.5 Å². The number of urea groups is 1. The van der Waals surface area contributed by atoms with Gasteiger partial charge in [-0.1, -0.05) is 0 Å². The average Bonchev–Trinajstić information content (AvgIpc) is 2.55. The van der Waals surface area contributed by atoms with Gasteiger partial charge < -0.3 is 23.9 Å². The van der Waals surface area contributed by atoms with E-state index in [0.29, 0.717) is 32.4 Å². The van der Waals surface area contributed by atoms with E-state index >= 15 is 0 Å². The van der Waals surface area contributed by atoms with Gasteiger partial charge in [0.2, 0.25) is 0 Å². The molecule has 0 aliphatic carbocycles. The number of carbonyl (C=O) groups is 1. The van der Waals surface area contributed by atoms with E-state index in [9.17, 15) is 4.79 Å². The molecule has 1 heterocycles. The molecule has 24 heavy (non-hydrogen) atoms. The summed E-state index contributed by atoms with van der Waals surface area (Å²) in [5.74, 6) is 0. The quantitative estimate of drug-likeness (QED) is 0.362. The molecule has 0 unspecified atom stereocenters. The highest BCUT2D eigenvalue weighted by molar-refractivity contribution is 6.60. The Morgan fingerprint density at radius 3 is 2.12 bits per heavy atom. The second kappa shape index (κ2) is 11.1. The van der Waals surface area contributed by atoms with Crippen molar-refractivity contribution in [1.82, 2.24) is 5.32 Å². The van der Waals surface area contributed by atoms with Gasteiger partial charge in [0.15, 0.2) is 12.4 Å². The maximum atomic E-state index is 11.9. The van der Waals surface area contributed by atoms with Gasteiger partial charge in [-0.15, -0.1) is 0 Å². The van der Waals surface area contributed by atoms with Crippen molar-refractivity contribution in [3.63, 3.8) is 0 Å². The summed E-state index contributed by atoms with van der Waals surface area (Å²) in [4.78, 5) is 11.9. The highest BCUT2D eigenvalue weighted by atomic mass is 28.4. The molecule has 0 spiro atoms. The van der Waals surface area contributed by atoms with Crippen molar-refractivity contribution in [3.8, 4) is 0 Å². The van der Waals surface area contributed by atoms with E-state index in [-0.39, 0.29) is 6.03 Å². The van der Waals surface area contributed by atoms with Gasteiger partial charge in [0.25, 0.3) is 0 Å². The van der Waals surface area contributed by atoms with Crippen molar-refractivity contribution in [2.75, 3.05) is 31.7 Å². The first-order valence-corrected chi connectivity index (χ1v) is 10.4. The molecule has 0 radical (unpaired) electrons. The van der Waals surface area contributed by atoms with E-state index in [1.54, 1.807) is 0 Å². The molecule has 0 aliphatic heterocycles. The van der Waals surface area contributed by atoms with Crippen molar-refractivity contribution >= 4 is 20.5 Å². The lowest BCUT2D eigenvalue weighted by atomic mass is 10.4. The highest BCUT2D eigenvalue weighted by Gasteiger charge is 2.39. The maximum absolute atomic E-state index is 11.9. The molecule has 0 aromatic carbocycles. The molecule has 7 nitrogen and oxygen atoms in total. The smallest absolute Gasteiger partial charge is 0.374 e. The van der Waals surface area contributed by atoms with Crippen LogP contribution < -0.4 is 15.2 Å². The van der Waals surface area contributed by atoms with Gasteiger partial charge in [0, 0.05) is 44.5 Å². The van der Waals surface area contributed by atoms with Crippen molar-refractivity contribution < 1.29 is 22.6 Å². The number of anilines is 1. The lowest BCUT2D eigenvalue weighted by Gasteiger charge is -2.28. The van der Waals surface area contributed by atoms with Crippen LogP contribution in [-0.2, 0) is 20.3 Å². The van der Waals surface area contributed by atoms with E-state index in [0.717, 1.165) is 12.1 Å². The van der Waals surface area contributed by atoms with Gasteiger partial charge in [-0.2, -0.15) is 0 Å². The normalized spacial score (nSPS) is 11.3. The molecule has 2 N–H and O–H groups in total. The molecule has 0 bridgehead atoms. The third-order valence-electron chi connectivity index (χ3n) is 3.27. The molecule has 0 saturated carbocycles. The topological polar surface area (TPSA) is 72.7 Å². The Kier molecular flexibility index (Phi) is 9.54. The Hall–Kier alpha value is -1.48. The highest BCUT2D eigenvalue weighted by Crippen LogP contribution is 2.17. The van der Waals surface area contributed by atoms with Gasteiger partial charge in [0.05, 0.1) is 5.69 Å². The molecule has 136 valence electrons. The lowest BCUT2D eigenvalue weighted by molar-refractivity contribution is -0.671. The van der Waals surface area contributed by atoms with Crippen LogP contribution in [0.2, 0.25) is 6.04 Å². The van der Waals surface area contributed by atoms with Crippen LogP contribution in [0.3, 0.4) is 0 Å². The summed E-state index contributed by atoms with van der Waals surface area (Å²) in [6.07, 6.45) is 4.49. The number of aromatic nitrogens is 1. The van der Waals surface area contributed by atoms with Crippen molar-refractivity contribution in [2.45, 2.75) is 33.2 Å². The first-order chi connectivity index (χ1) is 11.5. The monoisotopic (exact) mass is 356 g/mol. The first-order valence-electron chi connectivity index (χ1n) is 8.47. The number of rotatable bonds is 11. The minimum atomic E-state index is -2.62. The number of amides is 2. The summed E-state index contributed by atoms with van der Waals surface area (Å²) in [7, 11) is -0.697. The Morgan fingerprint density at radius 2 is 1.62 bits per heavy atom. The largest absolute Gasteiger partial charge is 0.500 e. The minimum absolute atomic E-state index is 0.222. The summed E-state index contributed by atoms with van der Waals surface area (Å²) in [6.45, 7) is 8.03. The number of aryl methyl sites for hydroxylation is 1. The van der Waals surface area contributed by atoms with E-state index < -0.39 is 8.80 Å². The van der Waals surface area contributed by atoms with Gasteiger partial charge in [-0.3, -0.25) is 0 Å². The van der Waals surface area contributed by atoms with Crippen LogP contribution in [0.1, 0.15) is 27.2 Å². The fourth-order valence-electron chi connectivity index (χ4n) is 2.27. The van der Waals surface area contributed by atoms with Crippen LogP contribution in [0.4, 0.5) is 10.5 Å². The Morgan fingerprint density at radius 1 is 1.08 bits per heavy atom. The van der Waals surface area contributed by atoms with Crippen LogP contribution in [-0.4, -0.2) is 41.2 Å². The summed E-state index contributed by atoms with van der Waals surface area (Å²) in [6, 6.07) is 4.15.